The Labute approximate surface area is 124 Å². The van der Waals surface area contributed by atoms with Crippen LogP contribution >= 0.6 is 15.9 Å². The topological polar surface area (TPSA) is 39.1 Å². The Morgan fingerprint density at radius 1 is 1.35 bits per heavy atom. The lowest BCUT2D eigenvalue weighted by Gasteiger charge is -2.09. The number of nitrogens with one attached hydrogen (secondary N) is 1. The van der Waals surface area contributed by atoms with Crippen LogP contribution in [0.4, 0.5) is 13.2 Å². The highest BCUT2D eigenvalue weighted by Gasteiger charge is 2.27. The Morgan fingerprint density at radius 3 is 2.60 bits per heavy atom. The van der Waals surface area contributed by atoms with Crippen LogP contribution in [0.1, 0.15) is 25.2 Å². The van der Waals surface area contributed by atoms with Gasteiger partial charge in [-0.2, -0.15) is 18.3 Å². The van der Waals surface area contributed by atoms with Crippen molar-refractivity contribution in [3.63, 3.8) is 0 Å². The number of ether oxygens (including phenoxy) is 1. The van der Waals surface area contributed by atoms with E-state index < -0.39 is 12.8 Å². The first kappa shape index (κ1) is 17.5. The summed E-state index contributed by atoms with van der Waals surface area (Å²) in [6, 6.07) is 0. The van der Waals surface area contributed by atoms with E-state index in [1.807, 2.05) is 18.5 Å². The standard InChI is InChI=1S/C12H19BrF3N3O/c1-3-9-11(13)10(19(4-2)18-9)7-17-5-6-20-8-12(14,15)16/h17H,3-8H2,1-2H3. The number of rotatable bonds is 8. The van der Waals surface area contributed by atoms with Gasteiger partial charge in [0, 0.05) is 19.6 Å². The van der Waals surface area contributed by atoms with Gasteiger partial charge < -0.3 is 10.1 Å². The van der Waals surface area contributed by atoms with Crippen LogP contribution in [0.3, 0.4) is 0 Å². The molecular weight excluding hydrogens is 339 g/mol. The van der Waals surface area contributed by atoms with Crippen molar-refractivity contribution in [1.82, 2.24) is 15.1 Å². The van der Waals surface area contributed by atoms with E-state index in [1.165, 1.54) is 0 Å². The van der Waals surface area contributed by atoms with Gasteiger partial charge >= 0.3 is 6.18 Å². The normalized spacial score (nSPS) is 12.1. The van der Waals surface area contributed by atoms with E-state index in [2.05, 4.69) is 31.1 Å². The van der Waals surface area contributed by atoms with Crippen LogP contribution in [0.25, 0.3) is 0 Å². The van der Waals surface area contributed by atoms with Crippen molar-refractivity contribution in [3.8, 4) is 0 Å². The Bertz CT molecular complexity index is 421. The van der Waals surface area contributed by atoms with Gasteiger partial charge in [-0.15, -0.1) is 0 Å². The van der Waals surface area contributed by atoms with Gasteiger partial charge in [0.05, 0.1) is 22.5 Å². The third-order valence-corrected chi connectivity index (χ3v) is 3.59. The first-order valence-electron chi connectivity index (χ1n) is 6.48. The van der Waals surface area contributed by atoms with Gasteiger partial charge in [-0.25, -0.2) is 0 Å². The molecule has 0 spiro atoms. The molecule has 4 nitrogen and oxygen atoms in total. The molecule has 0 saturated heterocycles. The summed E-state index contributed by atoms with van der Waals surface area (Å²) in [5, 5.41) is 7.50. The molecule has 1 heterocycles. The Kier molecular flexibility index (Phi) is 6.97. The molecule has 0 amide bonds. The molecule has 20 heavy (non-hydrogen) atoms. The van der Waals surface area contributed by atoms with Crippen LogP contribution in [0.15, 0.2) is 4.47 Å². The van der Waals surface area contributed by atoms with Gasteiger partial charge in [0.25, 0.3) is 0 Å². The molecule has 0 aliphatic carbocycles. The Balaban J connectivity index is 2.37. The summed E-state index contributed by atoms with van der Waals surface area (Å²) in [6.45, 7) is 4.49. The van der Waals surface area contributed by atoms with Crippen molar-refractivity contribution in [2.75, 3.05) is 19.8 Å². The van der Waals surface area contributed by atoms with Crippen LogP contribution < -0.4 is 5.32 Å². The van der Waals surface area contributed by atoms with E-state index in [0.717, 1.165) is 28.8 Å². The van der Waals surface area contributed by atoms with Crippen molar-refractivity contribution in [2.45, 2.75) is 39.5 Å². The summed E-state index contributed by atoms with van der Waals surface area (Å²) in [7, 11) is 0. The maximum absolute atomic E-state index is 11.9. The van der Waals surface area contributed by atoms with Gasteiger partial charge in [-0.05, 0) is 29.3 Å². The predicted octanol–water partition coefficient (Wildman–Crippen LogP) is 2.90. The fraction of sp³-hybridized carbons (Fsp3) is 0.750. The first-order valence-corrected chi connectivity index (χ1v) is 7.27. The second kappa shape index (κ2) is 7.99. The lowest BCUT2D eigenvalue weighted by atomic mass is 10.3. The van der Waals surface area contributed by atoms with E-state index >= 15 is 0 Å². The third kappa shape index (κ3) is 5.41. The molecule has 8 heteroatoms. The van der Waals surface area contributed by atoms with Crippen LogP contribution in [0, 0.1) is 0 Å². The first-order chi connectivity index (χ1) is 9.39. The Hall–Kier alpha value is -0.600. The molecule has 0 fully saturated rings. The van der Waals surface area contributed by atoms with Gasteiger partial charge in [-0.1, -0.05) is 6.92 Å². The molecule has 1 aromatic heterocycles. The summed E-state index contributed by atoms with van der Waals surface area (Å²) >= 11 is 3.51. The molecule has 0 bridgehead atoms. The van der Waals surface area contributed by atoms with Crippen LogP contribution in [-0.4, -0.2) is 35.7 Å². The summed E-state index contributed by atoms with van der Waals surface area (Å²) in [4.78, 5) is 0. The van der Waals surface area contributed by atoms with E-state index in [0.29, 0.717) is 13.1 Å². The van der Waals surface area contributed by atoms with Gasteiger partial charge in [-0.3, -0.25) is 4.68 Å². The van der Waals surface area contributed by atoms with Gasteiger partial charge in [0.15, 0.2) is 0 Å². The van der Waals surface area contributed by atoms with Crippen molar-refractivity contribution in [1.29, 1.82) is 0 Å². The Morgan fingerprint density at radius 2 is 2.05 bits per heavy atom. The number of aromatic nitrogens is 2. The van der Waals surface area contributed by atoms with Crippen LogP contribution in [0.2, 0.25) is 0 Å². The number of hydrogen-bond donors (Lipinski definition) is 1. The molecule has 0 unspecified atom stereocenters. The highest BCUT2D eigenvalue weighted by atomic mass is 79.9. The predicted molar refractivity (Wildman–Crippen MR) is 73.6 cm³/mol. The molecule has 1 N–H and O–H groups in total. The number of alkyl halides is 3. The lowest BCUT2D eigenvalue weighted by molar-refractivity contribution is -0.173. The number of hydrogen-bond acceptors (Lipinski definition) is 3. The lowest BCUT2D eigenvalue weighted by Crippen LogP contribution is -2.24. The molecule has 0 atom stereocenters. The smallest absolute Gasteiger partial charge is 0.371 e. The maximum Gasteiger partial charge on any atom is 0.411 e. The summed E-state index contributed by atoms with van der Waals surface area (Å²) < 4.78 is 43.0. The zero-order valence-electron chi connectivity index (χ0n) is 11.6. The van der Waals surface area contributed by atoms with E-state index in [9.17, 15) is 13.2 Å². The maximum atomic E-state index is 11.9. The largest absolute Gasteiger partial charge is 0.411 e. The second-order valence-electron chi connectivity index (χ2n) is 4.22. The molecule has 1 rings (SSSR count). The zero-order chi connectivity index (χ0) is 15.2. The minimum Gasteiger partial charge on any atom is -0.371 e. The fourth-order valence-corrected chi connectivity index (χ4v) is 2.43. The molecular formula is C12H19BrF3N3O. The van der Waals surface area contributed by atoms with E-state index in [-0.39, 0.29) is 6.61 Å². The molecule has 0 aromatic carbocycles. The average Bonchev–Trinajstić information content (AvgIpc) is 2.68. The molecule has 0 radical (unpaired) electrons. The van der Waals surface area contributed by atoms with Crippen LogP contribution in [-0.2, 0) is 24.2 Å². The summed E-state index contributed by atoms with van der Waals surface area (Å²) in [5.74, 6) is 0. The van der Waals surface area contributed by atoms with Crippen molar-refractivity contribution in [3.05, 3.63) is 15.9 Å². The number of nitrogens with zero attached hydrogens (tertiary/aromatic N) is 2. The molecule has 0 aliphatic heterocycles. The van der Waals surface area contributed by atoms with Gasteiger partial charge in [0.1, 0.15) is 6.61 Å². The third-order valence-electron chi connectivity index (χ3n) is 2.68. The monoisotopic (exact) mass is 357 g/mol. The SMILES string of the molecule is CCc1nn(CC)c(CNCCOCC(F)(F)F)c1Br. The second-order valence-corrected chi connectivity index (χ2v) is 5.01. The zero-order valence-corrected chi connectivity index (χ0v) is 13.1. The summed E-state index contributed by atoms with van der Waals surface area (Å²) in [5.41, 5.74) is 1.98. The minimum atomic E-state index is -4.26. The quantitative estimate of drug-likeness (QED) is 0.727. The van der Waals surface area contributed by atoms with E-state index in [4.69, 9.17) is 0 Å². The number of aryl methyl sites for hydroxylation is 2. The van der Waals surface area contributed by atoms with Gasteiger partial charge in [0.2, 0.25) is 0 Å². The van der Waals surface area contributed by atoms with Crippen molar-refractivity contribution < 1.29 is 17.9 Å². The van der Waals surface area contributed by atoms with Crippen molar-refractivity contribution in [2.24, 2.45) is 0 Å². The fourth-order valence-electron chi connectivity index (χ4n) is 1.73. The molecule has 0 aliphatic rings. The summed E-state index contributed by atoms with van der Waals surface area (Å²) in [6.07, 6.45) is -3.44. The minimum absolute atomic E-state index is 0.0258. The highest BCUT2D eigenvalue weighted by molar-refractivity contribution is 9.10. The van der Waals surface area contributed by atoms with Crippen LogP contribution in [0.5, 0.6) is 0 Å². The highest BCUT2D eigenvalue weighted by Crippen LogP contribution is 2.22. The molecule has 0 saturated carbocycles. The average molecular weight is 358 g/mol. The van der Waals surface area contributed by atoms with E-state index in [1.54, 1.807) is 0 Å². The molecule has 1 aromatic rings. The molecule has 116 valence electrons. The van der Waals surface area contributed by atoms with Crippen molar-refractivity contribution >= 4 is 15.9 Å². The number of halogens is 4.